The lowest BCUT2D eigenvalue weighted by molar-refractivity contribution is -0.122. The van der Waals surface area contributed by atoms with Crippen LogP contribution in [0.25, 0.3) is 0 Å². The topological polar surface area (TPSA) is 67.9 Å². The second-order valence-electron chi connectivity index (χ2n) is 6.68. The van der Waals surface area contributed by atoms with Crippen LogP contribution in [0.1, 0.15) is 12.0 Å². The van der Waals surface area contributed by atoms with Gasteiger partial charge in [0.05, 0.1) is 5.92 Å². The quantitative estimate of drug-likeness (QED) is 0.808. The molecule has 2 aromatic rings. The molecule has 2 aromatic carbocycles. The van der Waals surface area contributed by atoms with Gasteiger partial charge in [0.25, 0.3) is 0 Å². The molecule has 0 saturated carbocycles. The molecule has 2 amide bonds. The van der Waals surface area contributed by atoms with Crippen molar-refractivity contribution in [3.8, 4) is 11.5 Å². The first-order valence-corrected chi connectivity index (χ1v) is 9.57. The van der Waals surface area contributed by atoms with Crippen LogP contribution in [0, 0.1) is 12.8 Å². The molecule has 2 aliphatic rings. The predicted octanol–water partition coefficient (Wildman–Crippen LogP) is 3.52. The number of amides is 2. The van der Waals surface area contributed by atoms with Gasteiger partial charge in [-0.1, -0.05) is 15.9 Å². The largest absolute Gasteiger partial charge is 0.486 e. The molecule has 0 spiro atoms. The minimum absolute atomic E-state index is 0.0700. The molecule has 2 heterocycles. The fourth-order valence-corrected chi connectivity index (χ4v) is 3.81. The van der Waals surface area contributed by atoms with E-state index >= 15 is 0 Å². The highest BCUT2D eigenvalue weighted by atomic mass is 79.9. The van der Waals surface area contributed by atoms with Gasteiger partial charge in [0, 0.05) is 34.9 Å². The number of anilines is 2. The summed E-state index contributed by atoms with van der Waals surface area (Å²) in [5.41, 5.74) is 2.44. The lowest BCUT2D eigenvalue weighted by Gasteiger charge is -2.22. The maximum atomic E-state index is 12.7. The summed E-state index contributed by atoms with van der Waals surface area (Å²) in [4.78, 5) is 26.8. The maximum Gasteiger partial charge on any atom is 0.229 e. The van der Waals surface area contributed by atoms with Crippen LogP contribution < -0.4 is 19.7 Å². The number of rotatable bonds is 3. The standard InChI is InChI=1S/C20H19BrN2O4/c1-12-8-14(21)2-4-16(12)22-20(25)13-9-19(24)23(11-13)15-3-5-17-18(10-15)27-7-6-26-17/h2-5,8,10,13H,6-7,9,11H2,1H3,(H,22,25). The molecule has 1 fully saturated rings. The molecule has 0 radical (unpaired) electrons. The Bertz CT molecular complexity index is 915. The van der Waals surface area contributed by atoms with Crippen molar-refractivity contribution in [2.75, 3.05) is 30.0 Å². The van der Waals surface area contributed by atoms with Crippen LogP contribution in [-0.4, -0.2) is 31.6 Å². The van der Waals surface area contributed by atoms with Gasteiger partial charge in [-0.15, -0.1) is 0 Å². The average molecular weight is 431 g/mol. The number of nitrogens with zero attached hydrogens (tertiary/aromatic N) is 1. The van der Waals surface area contributed by atoms with Crippen molar-refractivity contribution in [1.29, 1.82) is 0 Å². The number of carbonyl (C=O) groups excluding carboxylic acids is 2. The Morgan fingerprint density at radius 3 is 2.70 bits per heavy atom. The number of aryl methyl sites for hydroxylation is 1. The molecule has 1 N–H and O–H groups in total. The van der Waals surface area contributed by atoms with Crippen LogP contribution in [-0.2, 0) is 9.59 Å². The van der Waals surface area contributed by atoms with Crippen LogP contribution in [0.5, 0.6) is 11.5 Å². The van der Waals surface area contributed by atoms with Crippen LogP contribution in [0.2, 0.25) is 0 Å². The van der Waals surface area contributed by atoms with Gasteiger partial charge in [-0.3, -0.25) is 9.59 Å². The SMILES string of the molecule is Cc1cc(Br)ccc1NC(=O)C1CC(=O)N(c2ccc3c(c2)OCCO3)C1. The molecule has 140 valence electrons. The first-order valence-electron chi connectivity index (χ1n) is 8.78. The Kier molecular flexibility index (Phi) is 4.78. The molecule has 0 bridgehead atoms. The van der Waals surface area contributed by atoms with Crippen molar-refractivity contribution in [2.45, 2.75) is 13.3 Å². The zero-order valence-corrected chi connectivity index (χ0v) is 16.4. The monoisotopic (exact) mass is 430 g/mol. The van der Waals surface area contributed by atoms with Crippen LogP contribution in [0.3, 0.4) is 0 Å². The van der Waals surface area contributed by atoms with Crippen molar-refractivity contribution in [1.82, 2.24) is 0 Å². The molecule has 6 nitrogen and oxygen atoms in total. The van der Waals surface area contributed by atoms with E-state index in [1.165, 1.54) is 0 Å². The van der Waals surface area contributed by atoms with Crippen LogP contribution in [0.15, 0.2) is 40.9 Å². The third-order valence-electron chi connectivity index (χ3n) is 4.78. The second-order valence-corrected chi connectivity index (χ2v) is 7.60. The summed E-state index contributed by atoms with van der Waals surface area (Å²) < 4.78 is 12.1. The average Bonchev–Trinajstić information content (AvgIpc) is 3.05. The van der Waals surface area contributed by atoms with E-state index in [0.717, 1.165) is 21.4 Å². The van der Waals surface area contributed by atoms with E-state index in [0.29, 0.717) is 31.3 Å². The first kappa shape index (κ1) is 17.9. The third-order valence-corrected chi connectivity index (χ3v) is 5.27. The molecule has 1 atom stereocenters. The number of fused-ring (bicyclic) bond motifs is 1. The highest BCUT2D eigenvalue weighted by Crippen LogP contribution is 2.36. The molecule has 1 unspecified atom stereocenters. The maximum absolute atomic E-state index is 12.7. The fourth-order valence-electron chi connectivity index (χ4n) is 3.33. The molecule has 4 rings (SSSR count). The van der Waals surface area contributed by atoms with E-state index < -0.39 is 5.92 Å². The van der Waals surface area contributed by atoms with Crippen molar-refractivity contribution in [3.05, 3.63) is 46.4 Å². The Morgan fingerprint density at radius 1 is 1.15 bits per heavy atom. The Hall–Kier alpha value is -2.54. The van der Waals surface area contributed by atoms with Gasteiger partial charge in [0.1, 0.15) is 13.2 Å². The van der Waals surface area contributed by atoms with E-state index in [2.05, 4.69) is 21.2 Å². The van der Waals surface area contributed by atoms with E-state index in [1.54, 1.807) is 17.0 Å². The number of nitrogens with one attached hydrogen (secondary N) is 1. The summed E-state index contributed by atoms with van der Waals surface area (Å²) in [6.45, 7) is 3.29. The number of hydrogen-bond donors (Lipinski definition) is 1. The normalized spacial score (nSPS) is 18.5. The van der Waals surface area contributed by atoms with Gasteiger partial charge in [0.2, 0.25) is 11.8 Å². The highest BCUT2D eigenvalue weighted by molar-refractivity contribution is 9.10. The Morgan fingerprint density at radius 2 is 1.93 bits per heavy atom. The lowest BCUT2D eigenvalue weighted by Crippen LogP contribution is -2.28. The number of ether oxygens (including phenoxy) is 2. The van der Waals surface area contributed by atoms with Gasteiger partial charge in [-0.05, 0) is 42.8 Å². The van der Waals surface area contributed by atoms with Gasteiger partial charge in [0.15, 0.2) is 11.5 Å². The smallest absolute Gasteiger partial charge is 0.229 e. The zero-order valence-electron chi connectivity index (χ0n) is 14.8. The van der Waals surface area contributed by atoms with E-state index in [1.807, 2.05) is 31.2 Å². The molecule has 1 saturated heterocycles. The second kappa shape index (κ2) is 7.23. The summed E-state index contributed by atoms with van der Waals surface area (Å²) >= 11 is 3.41. The van der Waals surface area contributed by atoms with Crippen molar-refractivity contribution >= 4 is 39.1 Å². The Labute approximate surface area is 165 Å². The highest BCUT2D eigenvalue weighted by Gasteiger charge is 2.35. The summed E-state index contributed by atoms with van der Waals surface area (Å²) in [5, 5.41) is 2.94. The summed E-state index contributed by atoms with van der Waals surface area (Å²) in [6, 6.07) is 11.1. The fraction of sp³-hybridized carbons (Fsp3) is 0.300. The number of halogens is 1. The lowest BCUT2D eigenvalue weighted by atomic mass is 10.1. The van der Waals surface area contributed by atoms with Gasteiger partial charge < -0.3 is 19.7 Å². The van der Waals surface area contributed by atoms with Crippen molar-refractivity contribution < 1.29 is 19.1 Å². The molecule has 2 aliphatic heterocycles. The molecule has 0 aromatic heterocycles. The van der Waals surface area contributed by atoms with Crippen LogP contribution >= 0.6 is 15.9 Å². The minimum Gasteiger partial charge on any atom is -0.486 e. The minimum atomic E-state index is -0.395. The number of carbonyl (C=O) groups is 2. The van der Waals surface area contributed by atoms with Crippen LogP contribution in [0.4, 0.5) is 11.4 Å². The van der Waals surface area contributed by atoms with Gasteiger partial charge in [-0.2, -0.15) is 0 Å². The first-order chi connectivity index (χ1) is 13.0. The van der Waals surface area contributed by atoms with Gasteiger partial charge in [-0.25, -0.2) is 0 Å². The van der Waals surface area contributed by atoms with Gasteiger partial charge >= 0.3 is 0 Å². The molecule has 7 heteroatoms. The summed E-state index contributed by atoms with van der Waals surface area (Å²) in [7, 11) is 0. The van der Waals surface area contributed by atoms with Crippen molar-refractivity contribution in [2.24, 2.45) is 5.92 Å². The third kappa shape index (κ3) is 3.64. The predicted molar refractivity (Wildman–Crippen MR) is 105 cm³/mol. The number of hydrogen-bond acceptors (Lipinski definition) is 4. The Balaban J connectivity index is 1.48. The summed E-state index contributed by atoms with van der Waals surface area (Å²) in [6.07, 6.45) is 0.190. The molecular formula is C20H19BrN2O4. The summed E-state index contributed by atoms with van der Waals surface area (Å²) in [5.74, 6) is 0.698. The zero-order chi connectivity index (χ0) is 19.0. The molecule has 27 heavy (non-hydrogen) atoms. The van der Waals surface area contributed by atoms with E-state index in [-0.39, 0.29) is 18.2 Å². The molecule has 0 aliphatic carbocycles. The number of benzene rings is 2. The van der Waals surface area contributed by atoms with Crippen molar-refractivity contribution in [3.63, 3.8) is 0 Å². The molecular weight excluding hydrogens is 412 g/mol. The van der Waals surface area contributed by atoms with E-state index in [4.69, 9.17) is 9.47 Å². The van der Waals surface area contributed by atoms with E-state index in [9.17, 15) is 9.59 Å².